The van der Waals surface area contributed by atoms with Gasteiger partial charge in [-0.1, -0.05) is 24.3 Å². The SMILES string of the molecule is COCCCN(CC(=O)N(Cc1ccc2c(c1)OCO2)Cc1cccs1)C(=O)c1ccccc1OC. The predicted molar refractivity (Wildman–Crippen MR) is 137 cm³/mol. The third kappa shape index (κ3) is 6.35. The Bertz CT molecular complexity index is 1170. The number of thiophene rings is 1. The van der Waals surface area contributed by atoms with Crippen LogP contribution in [0.25, 0.3) is 0 Å². The summed E-state index contributed by atoms with van der Waals surface area (Å²) < 4.78 is 21.5. The van der Waals surface area contributed by atoms with Crippen molar-refractivity contribution in [2.75, 3.05) is 40.7 Å². The van der Waals surface area contributed by atoms with Gasteiger partial charge < -0.3 is 28.7 Å². The van der Waals surface area contributed by atoms with Gasteiger partial charge in [0.05, 0.1) is 19.2 Å². The molecule has 0 spiro atoms. The van der Waals surface area contributed by atoms with E-state index >= 15 is 0 Å². The zero-order chi connectivity index (χ0) is 25.3. The van der Waals surface area contributed by atoms with Crippen molar-refractivity contribution in [3.63, 3.8) is 0 Å². The van der Waals surface area contributed by atoms with E-state index in [-0.39, 0.29) is 25.2 Å². The maximum absolute atomic E-state index is 13.7. The lowest BCUT2D eigenvalue weighted by Crippen LogP contribution is -2.43. The maximum atomic E-state index is 13.7. The van der Waals surface area contributed by atoms with E-state index in [1.165, 1.54) is 7.11 Å². The van der Waals surface area contributed by atoms with E-state index < -0.39 is 0 Å². The lowest BCUT2D eigenvalue weighted by molar-refractivity contribution is -0.133. The van der Waals surface area contributed by atoms with Crippen LogP contribution in [0.2, 0.25) is 0 Å². The van der Waals surface area contributed by atoms with E-state index in [4.69, 9.17) is 18.9 Å². The molecule has 190 valence electrons. The molecule has 0 bridgehead atoms. The molecule has 3 aromatic rings. The molecule has 4 rings (SSSR count). The molecule has 0 radical (unpaired) electrons. The van der Waals surface area contributed by atoms with Crippen LogP contribution in [0.5, 0.6) is 17.2 Å². The van der Waals surface area contributed by atoms with E-state index in [2.05, 4.69) is 0 Å². The van der Waals surface area contributed by atoms with E-state index in [1.807, 2.05) is 41.8 Å². The molecular formula is C27H30N2O6S. The van der Waals surface area contributed by atoms with Crippen LogP contribution in [0.15, 0.2) is 60.0 Å². The maximum Gasteiger partial charge on any atom is 0.258 e. The summed E-state index contributed by atoms with van der Waals surface area (Å²) in [6.07, 6.45) is 0.609. The number of methoxy groups -OCH3 is 2. The highest BCUT2D eigenvalue weighted by molar-refractivity contribution is 7.09. The van der Waals surface area contributed by atoms with Crippen LogP contribution in [0.1, 0.15) is 27.2 Å². The van der Waals surface area contributed by atoms with Crippen molar-refractivity contribution < 1.29 is 28.5 Å². The minimum atomic E-state index is -0.254. The molecule has 1 aromatic heterocycles. The lowest BCUT2D eigenvalue weighted by Gasteiger charge is -2.28. The number of carbonyl (C=O) groups excluding carboxylic acids is 2. The highest BCUT2D eigenvalue weighted by atomic mass is 32.1. The summed E-state index contributed by atoms with van der Waals surface area (Å²) in [4.78, 5) is 31.5. The highest BCUT2D eigenvalue weighted by Crippen LogP contribution is 2.33. The number of rotatable bonds is 12. The summed E-state index contributed by atoms with van der Waals surface area (Å²) in [5.41, 5.74) is 1.34. The molecule has 8 nitrogen and oxygen atoms in total. The second-order valence-corrected chi connectivity index (χ2v) is 9.32. The van der Waals surface area contributed by atoms with Gasteiger partial charge in [0, 0.05) is 31.7 Å². The van der Waals surface area contributed by atoms with Crippen LogP contribution in [0.3, 0.4) is 0 Å². The second-order valence-electron chi connectivity index (χ2n) is 8.29. The van der Waals surface area contributed by atoms with E-state index in [9.17, 15) is 9.59 Å². The molecule has 36 heavy (non-hydrogen) atoms. The van der Waals surface area contributed by atoms with Crippen LogP contribution >= 0.6 is 11.3 Å². The third-order valence-electron chi connectivity index (χ3n) is 5.82. The summed E-state index contributed by atoms with van der Waals surface area (Å²) in [7, 11) is 3.15. The Morgan fingerprint density at radius 3 is 2.58 bits per heavy atom. The lowest BCUT2D eigenvalue weighted by atomic mass is 10.1. The van der Waals surface area contributed by atoms with Gasteiger partial charge in [-0.05, 0) is 47.7 Å². The normalized spacial score (nSPS) is 11.8. The molecule has 9 heteroatoms. The Morgan fingerprint density at radius 1 is 0.972 bits per heavy atom. The Labute approximate surface area is 214 Å². The molecule has 0 N–H and O–H groups in total. The first-order valence-corrected chi connectivity index (χ1v) is 12.6. The number of hydrogen-bond donors (Lipinski definition) is 0. The highest BCUT2D eigenvalue weighted by Gasteiger charge is 2.25. The molecule has 0 saturated carbocycles. The van der Waals surface area contributed by atoms with Gasteiger partial charge in [0.15, 0.2) is 11.5 Å². The smallest absolute Gasteiger partial charge is 0.258 e. The number of fused-ring (bicyclic) bond motifs is 1. The molecule has 0 unspecified atom stereocenters. The average Bonchev–Trinajstić information content (AvgIpc) is 3.59. The molecule has 2 aromatic carbocycles. The zero-order valence-electron chi connectivity index (χ0n) is 20.5. The largest absolute Gasteiger partial charge is 0.496 e. The zero-order valence-corrected chi connectivity index (χ0v) is 21.3. The van der Waals surface area contributed by atoms with Crippen LogP contribution in [0.4, 0.5) is 0 Å². The Balaban J connectivity index is 1.55. The van der Waals surface area contributed by atoms with Gasteiger partial charge >= 0.3 is 0 Å². The molecule has 0 fully saturated rings. The number of carbonyl (C=O) groups is 2. The monoisotopic (exact) mass is 510 g/mol. The number of para-hydroxylation sites is 1. The van der Waals surface area contributed by atoms with Gasteiger partial charge in [-0.3, -0.25) is 9.59 Å². The van der Waals surface area contributed by atoms with Crippen molar-refractivity contribution in [2.45, 2.75) is 19.5 Å². The molecular weight excluding hydrogens is 480 g/mol. The first-order chi connectivity index (χ1) is 17.6. The van der Waals surface area contributed by atoms with Gasteiger partial charge in [-0.25, -0.2) is 0 Å². The summed E-state index contributed by atoms with van der Waals surface area (Å²) >= 11 is 1.59. The second kappa shape index (κ2) is 12.4. The quantitative estimate of drug-likeness (QED) is 0.340. The van der Waals surface area contributed by atoms with Gasteiger partial charge in [0.25, 0.3) is 5.91 Å². The average molecular weight is 511 g/mol. The van der Waals surface area contributed by atoms with E-state index in [0.717, 1.165) is 10.4 Å². The van der Waals surface area contributed by atoms with Gasteiger partial charge in [0.2, 0.25) is 12.7 Å². The molecule has 0 saturated heterocycles. The summed E-state index contributed by atoms with van der Waals surface area (Å²) in [6, 6.07) is 16.7. The molecule has 0 atom stereocenters. The Hall–Kier alpha value is -3.56. The number of hydrogen-bond acceptors (Lipinski definition) is 7. The molecule has 1 aliphatic heterocycles. The number of nitrogens with zero attached hydrogens (tertiary/aromatic N) is 2. The van der Waals surface area contributed by atoms with Gasteiger partial charge in [-0.2, -0.15) is 0 Å². The first-order valence-electron chi connectivity index (χ1n) is 11.7. The van der Waals surface area contributed by atoms with Gasteiger partial charge in [0.1, 0.15) is 12.3 Å². The van der Waals surface area contributed by atoms with Crippen molar-refractivity contribution in [1.29, 1.82) is 0 Å². The first kappa shape index (κ1) is 25.5. The Morgan fingerprint density at radius 2 is 1.81 bits per heavy atom. The minimum absolute atomic E-state index is 0.0590. The van der Waals surface area contributed by atoms with Crippen molar-refractivity contribution in [3.8, 4) is 17.2 Å². The predicted octanol–water partition coefficient (Wildman–Crippen LogP) is 4.19. The van der Waals surface area contributed by atoms with E-state index in [1.54, 1.807) is 46.4 Å². The summed E-state index contributed by atoms with van der Waals surface area (Å²) in [5, 5.41) is 1.99. The molecule has 0 aliphatic carbocycles. The van der Waals surface area contributed by atoms with Crippen LogP contribution in [-0.2, 0) is 22.6 Å². The van der Waals surface area contributed by atoms with Crippen molar-refractivity contribution >= 4 is 23.2 Å². The van der Waals surface area contributed by atoms with Gasteiger partial charge in [-0.15, -0.1) is 11.3 Å². The van der Waals surface area contributed by atoms with Crippen molar-refractivity contribution in [1.82, 2.24) is 9.80 Å². The minimum Gasteiger partial charge on any atom is -0.496 e. The summed E-state index contributed by atoms with van der Waals surface area (Å²) in [5.74, 6) is 1.44. The fourth-order valence-electron chi connectivity index (χ4n) is 3.99. The number of benzene rings is 2. The molecule has 2 amide bonds. The van der Waals surface area contributed by atoms with E-state index in [0.29, 0.717) is 55.5 Å². The Kier molecular flexibility index (Phi) is 8.80. The molecule has 2 heterocycles. The van der Waals surface area contributed by atoms with Crippen LogP contribution in [-0.4, -0.2) is 62.3 Å². The van der Waals surface area contributed by atoms with Crippen LogP contribution < -0.4 is 14.2 Å². The van der Waals surface area contributed by atoms with Crippen LogP contribution in [0, 0.1) is 0 Å². The third-order valence-corrected chi connectivity index (χ3v) is 6.68. The topological polar surface area (TPSA) is 77.5 Å². The van der Waals surface area contributed by atoms with Crippen molar-refractivity contribution in [3.05, 3.63) is 76.0 Å². The van der Waals surface area contributed by atoms with Crippen molar-refractivity contribution in [2.24, 2.45) is 0 Å². The molecule has 1 aliphatic rings. The fourth-order valence-corrected chi connectivity index (χ4v) is 4.71. The number of ether oxygens (including phenoxy) is 4. The fraction of sp³-hybridized carbons (Fsp3) is 0.333. The standard InChI is InChI=1S/C27H30N2O6S/c1-32-13-6-12-28(27(31)22-8-3-4-9-23(22)33-2)18-26(30)29(17-21-7-5-14-36-21)16-20-10-11-24-25(15-20)35-19-34-24/h3-5,7-11,14-15H,6,12-13,16-19H2,1-2H3. The number of amides is 2. The summed E-state index contributed by atoms with van der Waals surface area (Å²) in [6.45, 7) is 1.82.